The van der Waals surface area contributed by atoms with Gasteiger partial charge < -0.3 is 4.57 Å². The number of para-hydroxylation sites is 1. The summed E-state index contributed by atoms with van der Waals surface area (Å²) in [6.07, 6.45) is 10.7. The quantitative estimate of drug-likeness (QED) is 0.190. The Balaban J connectivity index is 1.22. The van der Waals surface area contributed by atoms with Crippen LogP contribution in [0.5, 0.6) is 0 Å². The molecule has 49 heavy (non-hydrogen) atoms. The number of hydrogen-bond donors (Lipinski definition) is 0. The van der Waals surface area contributed by atoms with E-state index in [1.54, 1.807) is 0 Å². The van der Waals surface area contributed by atoms with Crippen LogP contribution in [0.4, 0.5) is 0 Å². The van der Waals surface area contributed by atoms with E-state index in [0.29, 0.717) is 0 Å². The molecule has 2 nitrogen and oxygen atoms in total. The molecule has 1 aliphatic carbocycles. The molecule has 1 aliphatic rings. The van der Waals surface area contributed by atoms with Gasteiger partial charge in [0.1, 0.15) is 0 Å². The van der Waals surface area contributed by atoms with E-state index in [4.69, 9.17) is 0 Å². The summed E-state index contributed by atoms with van der Waals surface area (Å²) >= 11 is 0. The minimum absolute atomic E-state index is 1.04. The number of allylic oxidation sites excluding steroid dienone is 1. The first-order valence-corrected chi connectivity index (χ1v) is 17.1. The number of benzene rings is 7. The summed E-state index contributed by atoms with van der Waals surface area (Å²) in [6, 6.07) is 53.2. The maximum Gasteiger partial charge on any atom is 0.0571 e. The second-order valence-electron chi connectivity index (χ2n) is 13.0. The van der Waals surface area contributed by atoms with Crippen molar-refractivity contribution in [2.75, 3.05) is 0 Å². The van der Waals surface area contributed by atoms with Gasteiger partial charge in [-0.3, -0.25) is 4.98 Å². The smallest absolute Gasteiger partial charge is 0.0571 e. The summed E-state index contributed by atoms with van der Waals surface area (Å²) in [6.45, 7) is 0. The highest BCUT2D eigenvalue weighted by Crippen LogP contribution is 2.47. The van der Waals surface area contributed by atoms with Crippen LogP contribution in [0.1, 0.15) is 17.5 Å². The molecular formula is C47H32N2. The number of fused-ring (bicyclic) bond motifs is 6. The lowest BCUT2D eigenvalue weighted by Crippen LogP contribution is -2.02. The monoisotopic (exact) mass is 624 g/mol. The summed E-state index contributed by atoms with van der Waals surface area (Å²) in [5.41, 5.74) is 14.0. The zero-order chi connectivity index (χ0) is 32.3. The third-order valence-electron chi connectivity index (χ3n) is 10.4. The Morgan fingerprint density at radius 3 is 1.94 bits per heavy atom. The van der Waals surface area contributed by atoms with Gasteiger partial charge in [-0.05, 0) is 109 Å². The topological polar surface area (TPSA) is 17.8 Å². The largest absolute Gasteiger partial charge is 0.309 e. The molecule has 2 heteroatoms. The molecule has 10 rings (SSSR count). The molecule has 2 aromatic heterocycles. The first-order chi connectivity index (χ1) is 24.3. The molecule has 230 valence electrons. The molecule has 0 spiro atoms. The van der Waals surface area contributed by atoms with E-state index >= 15 is 0 Å². The summed E-state index contributed by atoms with van der Waals surface area (Å²) in [5, 5.41) is 7.51. The van der Waals surface area contributed by atoms with E-state index in [0.717, 1.165) is 29.4 Å². The van der Waals surface area contributed by atoms with Crippen molar-refractivity contribution in [2.45, 2.75) is 12.8 Å². The highest BCUT2D eigenvalue weighted by Gasteiger charge is 2.23. The van der Waals surface area contributed by atoms with Crippen molar-refractivity contribution in [3.8, 4) is 39.1 Å². The van der Waals surface area contributed by atoms with Gasteiger partial charge >= 0.3 is 0 Å². The molecule has 0 radical (unpaired) electrons. The van der Waals surface area contributed by atoms with Gasteiger partial charge in [0.2, 0.25) is 0 Å². The number of pyridine rings is 1. The van der Waals surface area contributed by atoms with Crippen molar-refractivity contribution in [2.24, 2.45) is 0 Å². The molecule has 0 aliphatic heterocycles. The van der Waals surface area contributed by atoms with Gasteiger partial charge in [-0.1, -0.05) is 127 Å². The van der Waals surface area contributed by atoms with Crippen LogP contribution in [-0.4, -0.2) is 9.55 Å². The van der Waals surface area contributed by atoms with Crippen molar-refractivity contribution < 1.29 is 0 Å². The lowest BCUT2D eigenvalue weighted by atomic mass is 9.79. The summed E-state index contributed by atoms with van der Waals surface area (Å²) < 4.78 is 2.35. The van der Waals surface area contributed by atoms with Crippen molar-refractivity contribution >= 4 is 49.4 Å². The van der Waals surface area contributed by atoms with E-state index in [9.17, 15) is 0 Å². The van der Waals surface area contributed by atoms with Gasteiger partial charge in [0.05, 0.1) is 11.0 Å². The molecule has 2 heterocycles. The van der Waals surface area contributed by atoms with Crippen LogP contribution in [-0.2, 0) is 6.42 Å². The van der Waals surface area contributed by atoms with Crippen LogP contribution in [0.3, 0.4) is 0 Å². The lowest BCUT2D eigenvalue weighted by Gasteiger charge is -2.24. The van der Waals surface area contributed by atoms with Crippen LogP contribution >= 0.6 is 0 Å². The molecule has 0 saturated heterocycles. The van der Waals surface area contributed by atoms with Gasteiger partial charge in [-0.25, -0.2) is 0 Å². The van der Waals surface area contributed by atoms with Gasteiger partial charge in [0.15, 0.2) is 0 Å². The fourth-order valence-corrected chi connectivity index (χ4v) is 8.27. The molecule has 0 bridgehead atoms. The molecule has 0 saturated carbocycles. The summed E-state index contributed by atoms with van der Waals surface area (Å²) in [5.74, 6) is 0. The van der Waals surface area contributed by atoms with Crippen LogP contribution in [0, 0.1) is 0 Å². The molecule has 7 aromatic carbocycles. The predicted octanol–water partition coefficient (Wildman–Crippen LogP) is 12.4. The average Bonchev–Trinajstić information content (AvgIpc) is 3.51. The summed E-state index contributed by atoms with van der Waals surface area (Å²) in [7, 11) is 0. The predicted molar refractivity (Wildman–Crippen MR) is 207 cm³/mol. The third-order valence-corrected chi connectivity index (χ3v) is 10.4. The first kappa shape index (κ1) is 27.8. The molecular weight excluding hydrogens is 593 g/mol. The van der Waals surface area contributed by atoms with Crippen LogP contribution in [0.15, 0.2) is 164 Å². The molecule has 9 aromatic rings. The highest BCUT2D eigenvalue weighted by atomic mass is 15.0. The zero-order valence-electron chi connectivity index (χ0n) is 27.0. The Morgan fingerprint density at radius 2 is 1.14 bits per heavy atom. The van der Waals surface area contributed by atoms with Gasteiger partial charge in [-0.2, -0.15) is 0 Å². The Bertz CT molecular complexity index is 2750. The first-order valence-electron chi connectivity index (χ1n) is 17.1. The average molecular weight is 625 g/mol. The van der Waals surface area contributed by atoms with Crippen LogP contribution in [0.25, 0.3) is 88.5 Å². The second kappa shape index (κ2) is 11.2. The minimum atomic E-state index is 1.04. The normalized spacial score (nSPS) is 12.7. The van der Waals surface area contributed by atoms with Crippen LogP contribution < -0.4 is 0 Å². The summed E-state index contributed by atoms with van der Waals surface area (Å²) in [4.78, 5) is 4.53. The van der Waals surface area contributed by atoms with E-state index < -0.39 is 0 Å². The number of rotatable bonds is 4. The minimum Gasteiger partial charge on any atom is -0.309 e. The van der Waals surface area contributed by atoms with E-state index in [-0.39, 0.29) is 0 Å². The Labute approximate surface area is 285 Å². The fourth-order valence-electron chi connectivity index (χ4n) is 8.27. The molecule has 0 atom stereocenters. The Kier molecular flexibility index (Phi) is 6.35. The zero-order valence-corrected chi connectivity index (χ0v) is 27.0. The number of hydrogen-bond acceptors (Lipinski definition) is 1. The van der Waals surface area contributed by atoms with Crippen molar-refractivity contribution in [1.82, 2.24) is 9.55 Å². The SMILES string of the molecule is C1=Cc2c(c(-c3ccccc3)c3ccccc3c2-c2ccc(-c3ccc4c(c3)c3cnccc3n4-c3ccccc3)c3ccccc23)CC1. The van der Waals surface area contributed by atoms with E-state index in [1.807, 2.05) is 12.4 Å². The fraction of sp³-hybridized carbons (Fsp3) is 0.0426. The molecule has 0 unspecified atom stereocenters. The molecule has 0 amide bonds. The standard InChI is InChI=1S/C47H32N2/c1-3-13-31(14-4-1)46-37-19-9-11-21-39(37)47(40-22-12-10-20-38(40)46)41-25-24-34(35-17-7-8-18-36(35)41)32-23-26-44-42(29-32)43-30-48-28-27-45(43)49(44)33-15-5-2-6-16-33/h1-9,11-19,21-30H,10,20H2. The van der Waals surface area contributed by atoms with Crippen LogP contribution in [0.2, 0.25) is 0 Å². The molecule has 0 N–H and O–H groups in total. The van der Waals surface area contributed by atoms with Gasteiger partial charge in [-0.15, -0.1) is 0 Å². The highest BCUT2D eigenvalue weighted by molar-refractivity contribution is 6.16. The second-order valence-corrected chi connectivity index (χ2v) is 13.0. The van der Waals surface area contributed by atoms with Crippen molar-refractivity contribution in [1.29, 1.82) is 0 Å². The lowest BCUT2D eigenvalue weighted by molar-refractivity contribution is 0.991. The van der Waals surface area contributed by atoms with E-state index in [1.165, 1.54) is 77.0 Å². The third kappa shape index (κ3) is 4.31. The van der Waals surface area contributed by atoms with Crippen molar-refractivity contribution in [3.63, 3.8) is 0 Å². The molecule has 0 fully saturated rings. The maximum absolute atomic E-state index is 4.53. The van der Waals surface area contributed by atoms with Gasteiger partial charge in [0.25, 0.3) is 0 Å². The number of nitrogens with zero attached hydrogens (tertiary/aromatic N) is 2. The van der Waals surface area contributed by atoms with E-state index in [2.05, 4.69) is 167 Å². The van der Waals surface area contributed by atoms with Gasteiger partial charge in [0, 0.05) is 28.9 Å². The maximum atomic E-state index is 4.53. The Morgan fingerprint density at radius 1 is 0.490 bits per heavy atom. The van der Waals surface area contributed by atoms with Crippen molar-refractivity contribution in [3.05, 3.63) is 175 Å². The Hall–Kier alpha value is -6.25. The number of aromatic nitrogens is 2.